The molecule has 0 amide bonds. The molecule has 0 radical (unpaired) electrons. The summed E-state index contributed by atoms with van der Waals surface area (Å²) in [5, 5.41) is 9.41. The lowest BCUT2D eigenvalue weighted by Gasteiger charge is -2.38. The molecule has 0 bridgehead atoms. The van der Waals surface area contributed by atoms with E-state index in [0.717, 1.165) is 32.7 Å². The molecule has 0 N–H and O–H groups in total. The van der Waals surface area contributed by atoms with Crippen LogP contribution in [0.4, 0.5) is 0 Å². The van der Waals surface area contributed by atoms with Gasteiger partial charge in [-0.3, -0.25) is 0 Å². The highest BCUT2D eigenvalue weighted by atomic mass is 28.3. The van der Waals surface area contributed by atoms with E-state index in [0.29, 0.717) is 16.6 Å². The third kappa shape index (κ3) is 3.71. The summed E-state index contributed by atoms with van der Waals surface area (Å²) in [4.78, 5) is 0. The molecule has 0 spiro atoms. The number of hydrogen-bond donors (Lipinski definition) is 0. The molecule has 5 rings (SSSR count). The summed E-state index contributed by atoms with van der Waals surface area (Å²) >= 11 is 0. The third-order valence-electron chi connectivity index (χ3n) is 8.26. The van der Waals surface area contributed by atoms with Gasteiger partial charge in [0, 0.05) is 11.1 Å². The van der Waals surface area contributed by atoms with Crippen molar-refractivity contribution in [3.63, 3.8) is 0 Å². The topological polar surface area (TPSA) is 0 Å². The Kier molecular flexibility index (Phi) is 6.16. The van der Waals surface area contributed by atoms with Gasteiger partial charge < -0.3 is 0 Å². The van der Waals surface area contributed by atoms with Crippen LogP contribution >= 0.6 is 0 Å². The maximum Gasteiger partial charge on any atom is 0.146 e. The zero-order valence-corrected chi connectivity index (χ0v) is 23.2. The van der Waals surface area contributed by atoms with Crippen molar-refractivity contribution in [1.29, 1.82) is 0 Å². The van der Waals surface area contributed by atoms with Gasteiger partial charge in [-0.05, 0) is 84.0 Å². The van der Waals surface area contributed by atoms with Gasteiger partial charge in [0.25, 0.3) is 0 Å². The smallest absolute Gasteiger partial charge is 0.125 e. The Morgan fingerprint density at radius 2 is 0.889 bits per heavy atom. The van der Waals surface area contributed by atoms with Crippen molar-refractivity contribution in [3.8, 4) is 23.8 Å². The second-order valence-electron chi connectivity index (χ2n) is 11.0. The fourth-order valence-corrected chi connectivity index (χ4v) is 11.7. The zero-order valence-electron chi connectivity index (χ0n) is 22.2. The number of fused-ring (bicyclic) bond motifs is 4. The molecule has 1 heteroatoms. The van der Waals surface area contributed by atoms with E-state index in [1.54, 1.807) is 0 Å². The van der Waals surface area contributed by atoms with Crippen molar-refractivity contribution in [1.82, 2.24) is 0 Å². The van der Waals surface area contributed by atoms with E-state index in [2.05, 4.69) is 132 Å². The van der Waals surface area contributed by atoms with E-state index < -0.39 is 8.07 Å². The molecular weight excluding hydrogens is 448 g/mol. The van der Waals surface area contributed by atoms with Crippen LogP contribution in [0.1, 0.15) is 52.7 Å². The summed E-state index contributed by atoms with van der Waals surface area (Å²) in [6.45, 7) is 14.2. The first-order valence-electron chi connectivity index (χ1n) is 13.1. The minimum absolute atomic E-state index is 0.578. The van der Waals surface area contributed by atoms with E-state index in [4.69, 9.17) is 6.42 Å². The van der Waals surface area contributed by atoms with Crippen LogP contribution in [0, 0.1) is 23.8 Å². The molecule has 0 heterocycles. The van der Waals surface area contributed by atoms with Crippen molar-refractivity contribution < 1.29 is 0 Å². The average molecular weight is 483 g/mol. The first-order valence-corrected chi connectivity index (χ1v) is 15.3. The van der Waals surface area contributed by atoms with Gasteiger partial charge in [-0.1, -0.05) is 102 Å². The van der Waals surface area contributed by atoms with Gasteiger partial charge in [0.1, 0.15) is 8.07 Å². The fourth-order valence-electron chi connectivity index (χ4n) is 6.49. The third-order valence-corrected chi connectivity index (χ3v) is 14.6. The van der Waals surface area contributed by atoms with E-state index in [-0.39, 0.29) is 0 Å². The summed E-state index contributed by atoms with van der Waals surface area (Å²) in [7, 11) is -1.92. The monoisotopic (exact) mass is 482 g/mol. The Hall–Kier alpha value is -3.52. The molecule has 5 aromatic rings. The van der Waals surface area contributed by atoms with Crippen molar-refractivity contribution in [2.75, 3.05) is 0 Å². The highest BCUT2D eigenvalue weighted by Crippen LogP contribution is 2.42. The highest BCUT2D eigenvalue weighted by molar-refractivity contribution is 6.90. The van der Waals surface area contributed by atoms with E-state index in [1.807, 2.05) is 0 Å². The molecule has 0 saturated carbocycles. The molecule has 0 aliphatic heterocycles. The van der Waals surface area contributed by atoms with E-state index >= 15 is 0 Å². The molecule has 36 heavy (non-hydrogen) atoms. The second-order valence-corrected chi connectivity index (χ2v) is 16.6. The summed E-state index contributed by atoms with van der Waals surface area (Å²) in [6, 6.07) is 26.2. The standard InChI is InChI=1S/C35H34Si/c1-8-30-32-19-26-13-9-11-15-28(26)21-34(32)31(17-18-36(23(2)3,24(4)5)25(6)7)35-22-29-16-12-10-14-27(29)20-33(30)35/h1,9-16,19-25H,2-7H3. The van der Waals surface area contributed by atoms with Crippen LogP contribution in [0.15, 0.2) is 72.8 Å². The molecule has 0 fully saturated rings. The van der Waals surface area contributed by atoms with E-state index in [9.17, 15) is 0 Å². The van der Waals surface area contributed by atoms with Gasteiger partial charge >= 0.3 is 0 Å². The predicted octanol–water partition coefficient (Wildman–Crippen LogP) is 9.85. The van der Waals surface area contributed by atoms with Crippen LogP contribution in [0.2, 0.25) is 16.6 Å². The molecule has 0 unspecified atom stereocenters. The van der Waals surface area contributed by atoms with Crippen LogP contribution in [0.25, 0.3) is 43.1 Å². The van der Waals surface area contributed by atoms with Gasteiger partial charge in [-0.15, -0.1) is 12.0 Å². The summed E-state index contributed by atoms with van der Waals surface area (Å²) < 4.78 is 0. The van der Waals surface area contributed by atoms with Crippen LogP contribution in [-0.2, 0) is 0 Å². The SMILES string of the molecule is C#Cc1c2cc3ccccc3cc2c(C#C[Si](C(C)C)(C(C)C)C(C)C)c2cc3ccccc3cc12. The first-order chi connectivity index (χ1) is 17.3. The molecule has 0 aliphatic carbocycles. The van der Waals surface area contributed by atoms with Gasteiger partial charge in [0.2, 0.25) is 0 Å². The molecule has 0 aromatic heterocycles. The Morgan fingerprint density at radius 3 is 1.19 bits per heavy atom. The minimum Gasteiger partial charge on any atom is -0.125 e. The number of benzene rings is 5. The molecule has 0 atom stereocenters. The summed E-state index contributed by atoms with van der Waals surface area (Å²) in [5.74, 6) is 6.90. The normalized spacial score (nSPS) is 12.1. The lowest BCUT2D eigenvalue weighted by atomic mass is 9.89. The molecule has 0 aliphatic rings. The minimum atomic E-state index is -1.92. The van der Waals surface area contributed by atoms with Crippen LogP contribution in [0.3, 0.4) is 0 Å². The van der Waals surface area contributed by atoms with E-state index in [1.165, 1.54) is 21.5 Å². The van der Waals surface area contributed by atoms with Crippen LogP contribution in [0.5, 0.6) is 0 Å². The summed E-state index contributed by atoms with van der Waals surface area (Å²) in [5.41, 5.74) is 7.82. The molecule has 5 aromatic carbocycles. The van der Waals surface area contributed by atoms with Gasteiger partial charge in [-0.2, -0.15) is 0 Å². The number of rotatable bonds is 3. The summed E-state index contributed by atoms with van der Waals surface area (Å²) in [6.07, 6.45) is 6.20. The lowest BCUT2D eigenvalue weighted by molar-refractivity contribution is 0.838. The average Bonchev–Trinajstić information content (AvgIpc) is 2.85. The quantitative estimate of drug-likeness (QED) is 0.136. The van der Waals surface area contributed by atoms with Gasteiger partial charge in [-0.25, -0.2) is 0 Å². The maximum atomic E-state index is 6.20. The largest absolute Gasteiger partial charge is 0.146 e. The fraction of sp³-hybridized carbons (Fsp3) is 0.257. The van der Waals surface area contributed by atoms with Crippen LogP contribution in [-0.4, -0.2) is 8.07 Å². The number of hydrogen-bond acceptors (Lipinski definition) is 0. The Morgan fingerprint density at radius 1 is 0.556 bits per heavy atom. The van der Waals surface area contributed by atoms with Crippen molar-refractivity contribution in [2.45, 2.75) is 58.2 Å². The Labute approximate surface area is 216 Å². The second kappa shape index (κ2) is 9.17. The zero-order chi connectivity index (χ0) is 25.6. The highest BCUT2D eigenvalue weighted by Gasteiger charge is 2.41. The van der Waals surface area contributed by atoms with Crippen molar-refractivity contribution >= 4 is 51.2 Å². The Balaban J connectivity index is 1.99. The van der Waals surface area contributed by atoms with Crippen molar-refractivity contribution in [2.24, 2.45) is 0 Å². The molecular formula is C35H34Si. The number of terminal acetylenes is 1. The molecule has 0 nitrogen and oxygen atoms in total. The predicted molar refractivity (Wildman–Crippen MR) is 162 cm³/mol. The molecule has 178 valence electrons. The Bertz CT molecular complexity index is 1610. The first kappa shape index (κ1) is 24.2. The molecule has 0 saturated heterocycles. The van der Waals surface area contributed by atoms with Gasteiger partial charge in [0.05, 0.1) is 0 Å². The van der Waals surface area contributed by atoms with Crippen molar-refractivity contribution in [3.05, 3.63) is 83.9 Å². The maximum absolute atomic E-state index is 6.20. The van der Waals surface area contributed by atoms with Crippen LogP contribution < -0.4 is 0 Å². The lowest BCUT2D eigenvalue weighted by Crippen LogP contribution is -2.43. The van der Waals surface area contributed by atoms with Gasteiger partial charge in [0.15, 0.2) is 0 Å².